The third kappa shape index (κ3) is 4.27. The third-order valence-corrected chi connectivity index (χ3v) is 5.37. The molecule has 3 nitrogen and oxygen atoms in total. The molecule has 3 heteroatoms. The quantitative estimate of drug-likeness (QED) is 0.811. The van der Waals surface area contributed by atoms with Gasteiger partial charge in [-0.3, -0.25) is 4.99 Å². The summed E-state index contributed by atoms with van der Waals surface area (Å²) in [6, 6.07) is 8.14. The molecule has 0 spiro atoms. The normalized spacial score (nSPS) is 22.9. The zero-order chi connectivity index (χ0) is 16.8. The van der Waals surface area contributed by atoms with Crippen LogP contribution in [0.3, 0.4) is 0 Å². The van der Waals surface area contributed by atoms with Gasteiger partial charge in [0.25, 0.3) is 0 Å². The van der Waals surface area contributed by atoms with Crippen molar-refractivity contribution in [3.63, 3.8) is 0 Å². The summed E-state index contributed by atoms with van der Waals surface area (Å²) in [6.07, 6.45) is 11.8. The molecule has 1 aliphatic heterocycles. The van der Waals surface area contributed by atoms with Crippen LogP contribution in [-0.4, -0.2) is 24.0 Å². The highest BCUT2D eigenvalue weighted by molar-refractivity contribution is 5.77. The molecule has 1 aromatic rings. The summed E-state index contributed by atoms with van der Waals surface area (Å²) in [6.45, 7) is 2.58. The fourth-order valence-corrected chi connectivity index (χ4v) is 3.76. The van der Waals surface area contributed by atoms with E-state index >= 15 is 0 Å². The maximum atomic E-state index is 10.5. The molecule has 1 N–H and O–H groups in total. The number of rotatable bonds is 6. The third-order valence-electron chi connectivity index (χ3n) is 5.37. The molecule has 1 saturated carbocycles. The van der Waals surface area contributed by atoms with E-state index in [-0.39, 0.29) is 6.10 Å². The van der Waals surface area contributed by atoms with Gasteiger partial charge >= 0.3 is 0 Å². The number of aliphatic imine (C=N–C) groups is 1. The SMILES string of the molecule is CCC1C=NC=C(c2ccccc2OCC(O)C2CCCCC2)C1. The molecule has 1 aliphatic carbocycles. The number of benzene rings is 1. The summed E-state index contributed by atoms with van der Waals surface area (Å²) in [5.74, 6) is 1.77. The first kappa shape index (κ1) is 17.2. The number of hydrogen-bond donors (Lipinski definition) is 1. The van der Waals surface area contributed by atoms with Crippen LogP contribution in [0.2, 0.25) is 0 Å². The number of ether oxygens (including phenoxy) is 1. The van der Waals surface area contributed by atoms with Crippen molar-refractivity contribution in [1.82, 2.24) is 0 Å². The van der Waals surface area contributed by atoms with E-state index in [1.807, 2.05) is 30.6 Å². The molecule has 0 aromatic heterocycles. The van der Waals surface area contributed by atoms with Crippen LogP contribution < -0.4 is 4.74 Å². The van der Waals surface area contributed by atoms with Crippen LogP contribution in [-0.2, 0) is 0 Å². The number of aliphatic hydroxyl groups is 1. The standard InChI is InChI=1S/C21H29NO2/c1-2-16-12-18(14-22-13-16)19-10-6-7-11-21(19)24-15-20(23)17-8-4-3-5-9-17/h6-7,10-11,13-14,16-17,20,23H,2-5,8-9,12,15H2,1H3. The van der Waals surface area contributed by atoms with E-state index in [9.17, 15) is 5.11 Å². The second-order valence-corrected chi connectivity index (χ2v) is 7.10. The first-order chi connectivity index (χ1) is 11.8. The van der Waals surface area contributed by atoms with Gasteiger partial charge in [0.15, 0.2) is 0 Å². The zero-order valence-electron chi connectivity index (χ0n) is 14.7. The van der Waals surface area contributed by atoms with E-state index < -0.39 is 0 Å². The van der Waals surface area contributed by atoms with Crippen LogP contribution >= 0.6 is 0 Å². The predicted molar refractivity (Wildman–Crippen MR) is 99.4 cm³/mol. The maximum Gasteiger partial charge on any atom is 0.126 e. The van der Waals surface area contributed by atoms with Crippen molar-refractivity contribution in [2.24, 2.45) is 16.8 Å². The lowest BCUT2D eigenvalue weighted by Crippen LogP contribution is -2.29. The lowest BCUT2D eigenvalue weighted by atomic mass is 9.85. The van der Waals surface area contributed by atoms with Crippen LogP contribution in [0.25, 0.3) is 5.57 Å². The second kappa shape index (κ2) is 8.48. The highest BCUT2D eigenvalue weighted by Gasteiger charge is 2.23. The van der Waals surface area contributed by atoms with Crippen molar-refractivity contribution < 1.29 is 9.84 Å². The van der Waals surface area contributed by atoms with Crippen molar-refractivity contribution in [1.29, 1.82) is 0 Å². The van der Waals surface area contributed by atoms with Crippen LogP contribution in [0.5, 0.6) is 5.75 Å². The van der Waals surface area contributed by atoms with E-state index in [1.54, 1.807) is 0 Å². The smallest absolute Gasteiger partial charge is 0.126 e. The summed E-state index contributed by atoms with van der Waals surface area (Å²) in [5, 5.41) is 10.5. The van der Waals surface area contributed by atoms with E-state index in [2.05, 4.69) is 18.0 Å². The maximum absolute atomic E-state index is 10.5. The van der Waals surface area contributed by atoms with Gasteiger partial charge in [0.1, 0.15) is 12.4 Å². The van der Waals surface area contributed by atoms with Gasteiger partial charge in [0, 0.05) is 18.0 Å². The molecule has 2 atom stereocenters. The first-order valence-electron chi connectivity index (χ1n) is 9.40. The van der Waals surface area contributed by atoms with Gasteiger partial charge < -0.3 is 9.84 Å². The van der Waals surface area contributed by atoms with E-state index in [1.165, 1.54) is 24.8 Å². The zero-order valence-corrected chi connectivity index (χ0v) is 14.7. The van der Waals surface area contributed by atoms with Crippen molar-refractivity contribution >= 4 is 11.8 Å². The van der Waals surface area contributed by atoms with Gasteiger partial charge in [0.2, 0.25) is 0 Å². The van der Waals surface area contributed by atoms with Crippen molar-refractivity contribution in [3.8, 4) is 5.75 Å². The van der Waals surface area contributed by atoms with Gasteiger partial charge in [-0.1, -0.05) is 44.4 Å². The van der Waals surface area contributed by atoms with E-state index in [4.69, 9.17) is 4.74 Å². The fourth-order valence-electron chi connectivity index (χ4n) is 3.76. The molecule has 1 aromatic carbocycles. The minimum Gasteiger partial charge on any atom is -0.490 e. The molecular weight excluding hydrogens is 298 g/mol. The molecule has 1 fully saturated rings. The molecule has 2 aliphatic rings. The molecule has 3 rings (SSSR count). The number of aliphatic hydroxyl groups excluding tert-OH is 1. The lowest BCUT2D eigenvalue weighted by Gasteiger charge is -2.27. The lowest BCUT2D eigenvalue weighted by molar-refractivity contribution is 0.0412. The van der Waals surface area contributed by atoms with E-state index in [0.29, 0.717) is 18.4 Å². The van der Waals surface area contributed by atoms with Crippen molar-refractivity contribution in [2.75, 3.05) is 6.61 Å². The molecule has 1 heterocycles. The largest absolute Gasteiger partial charge is 0.490 e. The molecule has 0 radical (unpaired) electrons. The van der Waals surface area contributed by atoms with Gasteiger partial charge in [-0.2, -0.15) is 0 Å². The monoisotopic (exact) mass is 327 g/mol. The average Bonchev–Trinajstić information content (AvgIpc) is 2.67. The summed E-state index contributed by atoms with van der Waals surface area (Å²) in [7, 11) is 0. The van der Waals surface area contributed by atoms with Gasteiger partial charge in [-0.05, 0) is 49.2 Å². The Morgan fingerprint density at radius 3 is 2.79 bits per heavy atom. The Kier molecular flexibility index (Phi) is 6.08. The van der Waals surface area contributed by atoms with Crippen LogP contribution in [0.4, 0.5) is 0 Å². The highest BCUT2D eigenvalue weighted by Crippen LogP contribution is 2.33. The summed E-state index contributed by atoms with van der Waals surface area (Å²) < 4.78 is 6.03. The molecular formula is C21H29NO2. The predicted octanol–water partition coefficient (Wildman–Crippen LogP) is 4.85. The Morgan fingerprint density at radius 2 is 2.00 bits per heavy atom. The van der Waals surface area contributed by atoms with Crippen LogP contribution in [0, 0.1) is 11.8 Å². The first-order valence-corrected chi connectivity index (χ1v) is 9.40. The second-order valence-electron chi connectivity index (χ2n) is 7.10. The van der Waals surface area contributed by atoms with Crippen molar-refractivity contribution in [3.05, 3.63) is 36.0 Å². The van der Waals surface area contributed by atoms with Gasteiger partial charge in [-0.15, -0.1) is 0 Å². The van der Waals surface area contributed by atoms with Crippen LogP contribution in [0.15, 0.2) is 35.5 Å². The Labute approximate surface area is 145 Å². The Balaban J connectivity index is 1.66. The highest BCUT2D eigenvalue weighted by atomic mass is 16.5. The molecule has 2 unspecified atom stereocenters. The molecule has 0 amide bonds. The fraction of sp³-hybridized carbons (Fsp3) is 0.571. The Bertz CT molecular complexity index is 587. The van der Waals surface area contributed by atoms with Gasteiger partial charge in [-0.25, -0.2) is 0 Å². The number of nitrogens with zero attached hydrogens (tertiary/aromatic N) is 1. The average molecular weight is 327 g/mol. The minimum absolute atomic E-state index is 0.361. The molecule has 130 valence electrons. The van der Waals surface area contributed by atoms with Gasteiger partial charge in [0.05, 0.1) is 6.10 Å². The molecule has 0 bridgehead atoms. The Hall–Kier alpha value is -1.61. The van der Waals surface area contributed by atoms with Crippen LogP contribution in [0.1, 0.15) is 57.4 Å². The molecule has 0 saturated heterocycles. The Morgan fingerprint density at radius 1 is 1.21 bits per heavy atom. The summed E-state index contributed by atoms with van der Waals surface area (Å²) in [4.78, 5) is 4.40. The summed E-state index contributed by atoms with van der Waals surface area (Å²) in [5.41, 5.74) is 2.34. The topological polar surface area (TPSA) is 41.8 Å². The minimum atomic E-state index is -0.361. The van der Waals surface area contributed by atoms with E-state index in [0.717, 1.165) is 37.0 Å². The number of allylic oxidation sites excluding steroid dienone is 1. The summed E-state index contributed by atoms with van der Waals surface area (Å²) >= 11 is 0. The molecule has 24 heavy (non-hydrogen) atoms. The number of hydrogen-bond acceptors (Lipinski definition) is 3. The van der Waals surface area contributed by atoms with Crippen molar-refractivity contribution in [2.45, 2.75) is 58.0 Å². The number of para-hydroxylation sites is 1.